The Morgan fingerprint density at radius 2 is 2.00 bits per heavy atom. The molecule has 1 aliphatic rings. The van der Waals surface area contributed by atoms with Crippen LogP contribution in [0.4, 0.5) is 4.39 Å². The standard InChI is InChI=1S/C10H12Cl3FO2/c1-9(2)5(7(9)8(15)16-3)4-6(11)10(12,13)14/h4-5,7H,1-3H3. The van der Waals surface area contributed by atoms with Gasteiger partial charge in [-0.05, 0) is 11.3 Å². The zero-order chi connectivity index (χ0) is 12.7. The fourth-order valence-electron chi connectivity index (χ4n) is 1.82. The van der Waals surface area contributed by atoms with Gasteiger partial charge in [0.2, 0.25) is 0 Å². The van der Waals surface area contributed by atoms with Crippen LogP contribution in [0.2, 0.25) is 0 Å². The van der Waals surface area contributed by atoms with E-state index in [1.54, 1.807) is 0 Å². The molecule has 16 heavy (non-hydrogen) atoms. The maximum Gasteiger partial charge on any atom is 0.309 e. The molecular weight excluding hydrogens is 277 g/mol. The van der Waals surface area contributed by atoms with Gasteiger partial charge in [-0.3, -0.25) is 4.79 Å². The van der Waals surface area contributed by atoms with Crippen LogP contribution in [0.1, 0.15) is 13.8 Å². The molecule has 0 amide bonds. The predicted octanol–water partition coefficient (Wildman–Crippen LogP) is 3.66. The highest BCUT2D eigenvalue weighted by atomic mass is 35.5. The summed E-state index contributed by atoms with van der Waals surface area (Å²) in [7, 11) is 1.31. The van der Waals surface area contributed by atoms with Crippen molar-refractivity contribution in [3.63, 3.8) is 0 Å². The maximum atomic E-state index is 13.0. The largest absolute Gasteiger partial charge is 0.469 e. The molecule has 1 rings (SSSR count). The lowest BCUT2D eigenvalue weighted by Crippen LogP contribution is -2.07. The average molecular weight is 290 g/mol. The third-order valence-electron chi connectivity index (χ3n) is 2.96. The molecule has 0 aromatic rings. The zero-order valence-corrected chi connectivity index (χ0v) is 11.3. The predicted molar refractivity (Wildman–Crippen MR) is 62.3 cm³/mol. The lowest BCUT2D eigenvalue weighted by molar-refractivity contribution is -0.143. The van der Waals surface area contributed by atoms with Crippen molar-refractivity contribution in [3.8, 4) is 0 Å². The molecule has 0 aromatic heterocycles. The summed E-state index contributed by atoms with van der Waals surface area (Å²) in [5, 5.41) is -0.319. The Balaban J connectivity index is 2.83. The molecule has 0 saturated heterocycles. The van der Waals surface area contributed by atoms with E-state index in [1.165, 1.54) is 13.2 Å². The number of allylic oxidation sites excluding steroid dienone is 2. The Bertz CT molecular complexity index is 333. The van der Waals surface area contributed by atoms with Crippen molar-refractivity contribution in [2.24, 2.45) is 17.3 Å². The molecule has 0 N–H and O–H groups in total. The second-order valence-electron chi connectivity index (χ2n) is 4.36. The fourth-order valence-corrected chi connectivity index (χ4v) is 2.08. The molecule has 1 fully saturated rings. The Hall–Kier alpha value is 0.01000. The summed E-state index contributed by atoms with van der Waals surface area (Å²) < 4.78 is 15.1. The van der Waals surface area contributed by atoms with Crippen LogP contribution in [-0.4, -0.2) is 17.7 Å². The van der Waals surface area contributed by atoms with E-state index in [0.717, 1.165) is 0 Å². The number of methoxy groups -OCH3 is 1. The van der Waals surface area contributed by atoms with E-state index in [4.69, 9.17) is 34.8 Å². The molecule has 0 heterocycles. The first-order chi connectivity index (χ1) is 7.12. The molecule has 1 aliphatic carbocycles. The fraction of sp³-hybridized carbons (Fsp3) is 0.700. The summed E-state index contributed by atoms with van der Waals surface area (Å²) in [5.41, 5.74) is -0.313. The minimum Gasteiger partial charge on any atom is -0.469 e. The van der Waals surface area contributed by atoms with E-state index in [9.17, 15) is 9.18 Å². The van der Waals surface area contributed by atoms with Crippen molar-refractivity contribution in [2.75, 3.05) is 7.11 Å². The van der Waals surface area contributed by atoms with Crippen LogP contribution < -0.4 is 0 Å². The van der Waals surface area contributed by atoms with Crippen LogP contribution in [0.5, 0.6) is 0 Å². The summed E-state index contributed by atoms with van der Waals surface area (Å²) >= 11 is 16.0. The van der Waals surface area contributed by atoms with E-state index in [0.29, 0.717) is 0 Å². The molecular formula is C10H12Cl3FO2. The summed E-state index contributed by atoms with van der Waals surface area (Å²) in [6, 6.07) is 0. The van der Waals surface area contributed by atoms with Crippen molar-refractivity contribution in [1.29, 1.82) is 0 Å². The number of esters is 1. The molecule has 0 aliphatic heterocycles. The lowest BCUT2D eigenvalue weighted by Gasteiger charge is -2.07. The van der Waals surface area contributed by atoms with Crippen molar-refractivity contribution >= 4 is 40.8 Å². The lowest BCUT2D eigenvalue weighted by atomic mass is 10.1. The Morgan fingerprint density at radius 1 is 1.50 bits per heavy atom. The highest BCUT2D eigenvalue weighted by Crippen LogP contribution is 2.60. The van der Waals surface area contributed by atoms with Gasteiger partial charge in [-0.15, -0.1) is 0 Å². The number of carbonyl (C=O) groups is 1. The second kappa shape index (κ2) is 4.35. The first kappa shape index (κ1) is 14.1. The highest BCUT2D eigenvalue weighted by Gasteiger charge is 2.61. The minimum absolute atomic E-state index is 0.208. The van der Waals surface area contributed by atoms with Crippen molar-refractivity contribution in [2.45, 2.75) is 18.4 Å². The van der Waals surface area contributed by atoms with Gasteiger partial charge >= 0.3 is 5.97 Å². The van der Waals surface area contributed by atoms with Gasteiger partial charge in [0, 0.05) is 0 Å². The van der Waals surface area contributed by atoms with Crippen LogP contribution in [0, 0.1) is 17.3 Å². The number of hydrogen-bond acceptors (Lipinski definition) is 2. The van der Waals surface area contributed by atoms with Crippen LogP contribution in [0.25, 0.3) is 0 Å². The number of halogens is 4. The van der Waals surface area contributed by atoms with Crippen LogP contribution >= 0.6 is 34.8 Å². The van der Waals surface area contributed by atoms with Crippen molar-refractivity contribution in [1.82, 2.24) is 0 Å². The van der Waals surface area contributed by atoms with Crippen LogP contribution in [-0.2, 0) is 9.53 Å². The monoisotopic (exact) mass is 288 g/mol. The Kier molecular flexibility index (Phi) is 3.83. The van der Waals surface area contributed by atoms with Gasteiger partial charge in [-0.1, -0.05) is 54.7 Å². The molecule has 0 spiro atoms. The van der Waals surface area contributed by atoms with Crippen LogP contribution in [0.15, 0.2) is 11.1 Å². The molecule has 2 atom stereocenters. The minimum atomic E-state index is -2.61. The first-order valence-electron chi connectivity index (χ1n) is 4.64. The molecule has 0 aromatic carbocycles. The number of ether oxygens (including phenoxy) is 1. The molecule has 0 radical (unpaired) electrons. The van der Waals surface area contributed by atoms with E-state index in [2.05, 4.69) is 4.74 Å². The quantitative estimate of drug-likeness (QED) is 0.585. The number of rotatable bonds is 3. The molecule has 1 saturated carbocycles. The third-order valence-corrected chi connectivity index (χ3v) is 3.95. The zero-order valence-electron chi connectivity index (χ0n) is 9.06. The smallest absolute Gasteiger partial charge is 0.309 e. The topological polar surface area (TPSA) is 26.3 Å². The summed E-state index contributed by atoms with van der Waals surface area (Å²) in [4.78, 5) is 11.4. The van der Waals surface area contributed by atoms with Gasteiger partial charge in [0.1, 0.15) is 0 Å². The number of carbonyl (C=O) groups excluding carboxylic acids is 1. The third kappa shape index (κ3) is 2.63. The summed E-state index contributed by atoms with van der Waals surface area (Å²) in [6.07, 6.45) is 1.38. The number of alkyl halides is 3. The van der Waals surface area contributed by atoms with Gasteiger partial charge in [0.15, 0.2) is 0 Å². The molecule has 0 bridgehead atoms. The molecule has 6 heteroatoms. The van der Waals surface area contributed by atoms with Gasteiger partial charge in [-0.2, -0.15) is 0 Å². The Labute approximate surface area is 109 Å². The number of hydrogen-bond donors (Lipinski definition) is 0. The van der Waals surface area contributed by atoms with Gasteiger partial charge < -0.3 is 4.74 Å². The highest BCUT2D eigenvalue weighted by molar-refractivity contribution is 6.54. The molecule has 92 valence electrons. The normalized spacial score (nSPS) is 28.8. The summed E-state index contributed by atoms with van der Waals surface area (Å²) in [5.74, 6) is -0.883. The SMILES string of the molecule is COC(=O)C1C(C=C(Cl)C(F)(Cl)Cl)C1(C)C. The van der Waals surface area contributed by atoms with Crippen molar-refractivity contribution < 1.29 is 13.9 Å². The van der Waals surface area contributed by atoms with Gasteiger partial charge in [0.05, 0.1) is 18.1 Å². The van der Waals surface area contributed by atoms with E-state index < -0.39 is 4.59 Å². The van der Waals surface area contributed by atoms with Gasteiger partial charge in [0.25, 0.3) is 4.59 Å². The second-order valence-corrected chi connectivity index (χ2v) is 6.00. The van der Waals surface area contributed by atoms with Crippen LogP contribution in [0.3, 0.4) is 0 Å². The molecule has 2 unspecified atom stereocenters. The van der Waals surface area contributed by atoms with E-state index in [1.807, 2.05) is 13.8 Å². The summed E-state index contributed by atoms with van der Waals surface area (Å²) in [6.45, 7) is 3.73. The van der Waals surface area contributed by atoms with Crippen molar-refractivity contribution in [3.05, 3.63) is 11.1 Å². The molecule has 2 nitrogen and oxygen atoms in total. The Morgan fingerprint density at radius 3 is 2.38 bits per heavy atom. The average Bonchev–Trinajstić information content (AvgIpc) is 2.65. The maximum absolute atomic E-state index is 13.0. The van der Waals surface area contributed by atoms with E-state index in [-0.39, 0.29) is 28.3 Å². The van der Waals surface area contributed by atoms with Gasteiger partial charge in [-0.25, -0.2) is 4.39 Å². The first-order valence-corrected chi connectivity index (χ1v) is 5.78. The van der Waals surface area contributed by atoms with E-state index >= 15 is 0 Å².